The Balaban J connectivity index is 1.76. The Kier molecular flexibility index (Phi) is 4.90. The molecule has 158 valence electrons. The van der Waals surface area contributed by atoms with Crippen molar-refractivity contribution in [3.63, 3.8) is 0 Å². The standard InChI is InChI=1S/C21H22FN3O4S/c1-21(24(2)30(28,29)15-7-5-14(22)6-8-15)10-9-17-16(12-21)20-18(4-3-11-23-20)25(17)13-19(26)27/h3-8,11H,9-10,12-13H2,1-2H3,(H,26,27). The maximum absolute atomic E-state index is 13.3. The number of carboxylic acid groups (broad SMARTS) is 1. The van der Waals surface area contributed by atoms with Crippen LogP contribution in [-0.4, -0.2) is 45.9 Å². The Bertz CT molecular complexity index is 1240. The molecule has 1 aliphatic carbocycles. The Hall–Kier alpha value is -2.78. The lowest BCUT2D eigenvalue weighted by atomic mass is 9.82. The highest BCUT2D eigenvalue weighted by Crippen LogP contribution is 2.39. The minimum Gasteiger partial charge on any atom is -0.480 e. The molecule has 1 aromatic carbocycles. The van der Waals surface area contributed by atoms with E-state index in [1.165, 1.54) is 23.5 Å². The Morgan fingerprint density at radius 2 is 2.00 bits per heavy atom. The summed E-state index contributed by atoms with van der Waals surface area (Å²) in [5.41, 5.74) is 2.46. The first-order valence-corrected chi connectivity index (χ1v) is 11.0. The average molecular weight is 431 g/mol. The van der Waals surface area contributed by atoms with Crippen LogP contribution in [0.4, 0.5) is 4.39 Å². The minimum absolute atomic E-state index is 0.0323. The molecule has 0 radical (unpaired) electrons. The van der Waals surface area contributed by atoms with Crippen LogP contribution < -0.4 is 0 Å². The van der Waals surface area contributed by atoms with Crippen LogP contribution in [0.15, 0.2) is 47.5 Å². The lowest BCUT2D eigenvalue weighted by Gasteiger charge is -2.41. The van der Waals surface area contributed by atoms with E-state index in [0.29, 0.717) is 24.8 Å². The van der Waals surface area contributed by atoms with Crippen LogP contribution in [0.3, 0.4) is 0 Å². The second-order valence-electron chi connectivity index (χ2n) is 7.88. The monoisotopic (exact) mass is 431 g/mol. The van der Waals surface area contributed by atoms with E-state index < -0.39 is 27.3 Å². The zero-order valence-electron chi connectivity index (χ0n) is 16.7. The van der Waals surface area contributed by atoms with Crippen LogP contribution in [-0.2, 0) is 34.2 Å². The van der Waals surface area contributed by atoms with Gasteiger partial charge in [-0.1, -0.05) is 0 Å². The van der Waals surface area contributed by atoms with Crippen LogP contribution in [0.1, 0.15) is 24.6 Å². The second-order valence-corrected chi connectivity index (χ2v) is 9.85. The number of aliphatic carboxylic acids is 1. The van der Waals surface area contributed by atoms with Gasteiger partial charge in [0, 0.05) is 30.0 Å². The van der Waals surface area contributed by atoms with Crippen molar-refractivity contribution in [2.45, 2.75) is 43.2 Å². The molecule has 7 nitrogen and oxygen atoms in total. The van der Waals surface area contributed by atoms with E-state index in [1.807, 2.05) is 13.0 Å². The predicted molar refractivity (Wildman–Crippen MR) is 109 cm³/mol. The van der Waals surface area contributed by atoms with Crippen molar-refractivity contribution in [1.82, 2.24) is 13.9 Å². The Labute approximate surface area is 173 Å². The summed E-state index contributed by atoms with van der Waals surface area (Å²) in [5.74, 6) is -1.44. The highest BCUT2D eigenvalue weighted by atomic mass is 32.2. The van der Waals surface area contributed by atoms with Crippen LogP contribution in [0.2, 0.25) is 0 Å². The molecule has 2 heterocycles. The highest BCUT2D eigenvalue weighted by Gasteiger charge is 2.42. The molecule has 0 saturated carbocycles. The summed E-state index contributed by atoms with van der Waals surface area (Å²) >= 11 is 0. The number of likely N-dealkylation sites (N-methyl/N-ethyl adjacent to an activating group) is 1. The lowest BCUT2D eigenvalue weighted by Crippen LogP contribution is -2.50. The zero-order valence-corrected chi connectivity index (χ0v) is 17.5. The smallest absolute Gasteiger partial charge is 0.323 e. The molecule has 0 amide bonds. The molecular formula is C21H22FN3O4S. The summed E-state index contributed by atoms with van der Waals surface area (Å²) in [4.78, 5) is 15.9. The van der Waals surface area contributed by atoms with E-state index in [-0.39, 0.29) is 11.4 Å². The van der Waals surface area contributed by atoms with Crippen molar-refractivity contribution in [2.24, 2.45) is 0 Å². The van der Waals surface area contributed by atoms with E-state index in [0.717, 1.165) is 28.9 Å². The molecular weight excluding hydrogens is 409 g/mol. The van der Waals surface area contributed by atoms with Gasteiger partial charge in [-0.3, -0.25) is 9.78 Å². The molecule has 2 aromatic heterocycles. The predicted octanol–water partition coefficient (Wildman–Crippen LogP) is 2.83. The number of benzene rings is 1. The molecule has 0 aliphatic heterocycles. The highest BCUT2D eigenvalue weighted by molar-refractivity contribution is 7.89. The second kappa shape index (κ2) is 7.17. The normalized spacial score (nSPS) is 19.2. The molecule has 9 heteroatoms. The molecule has 0 fully saturated rings. The number of fused-ring (bicyclic) bond motifs is 3. The summed E-state index contributed by atoms with van der Waals surface area (Å²) in [5, 5.41) is 9.33. The van der Waals surface area contributed by atoms with Crippen molar-refractivity contribution >= 4 is 27.0 Å². The van der Waals surface area contributed by atoms with Crippen molar-refractivity contribution in [1.29, 1.82) is 0 Å². The number of nitrogens with zero attached hydrogens (tertiary/aromatic N) is 3. The van der Waals surface area contributed by atoms with E-state index >= 15 is 0 Å². The summed E-state index contributed by atoms with van der Waals surface area (Å²) in [6.07, 6.45) is 3.10. The van der Waals surface area contributed by atoms with Gasteiger partial charge in [0.2, 0.25) is 10.0 Å². The molecule has 0 bridgehead atoms. The Morgan fingerprint density at radius 1 is 1.30 bits per heavy atom. The van der Waals surface area contributed by atoms with Gasteiger partial charge in [-0.05, 0) is 62.6 Å². The third-order valence-corrected chi connectivity index (χ3v) is 8.05. The SMILES string of the molecule is CN(C1(C)CCc2c(c3ncccc3n2CC(=O)O)C1)S(=O)(=O)c1ccc(F)cc1. The number of carboxylic acids is 1. The number of hydrogen-bond donors (Lipinski definition) is 1. The van der Waals surface area contributed by atoms with Crippen LogP contribution in [0.5, 0.6) is 0 Å². The van der Waals surface area contributed by atoms with E-state index in [2.05, 4.69) is 4.98 Å². The number of hydrogen-bond acceptors (Lipinski definition) is 4. The summed E-state index contributed by atoms with van der Waals surface area (Å²) in [6.45, 7) is 1.71. The fourth-order valence-electron chi connectivity index (χ4n) is 4.26. The van der Waals surface area contributed by atoms with Gasteiger partial charge in [0.25, 0.3) is 0 Å². The van der Waals surface area contributed by atoms with E-state index in [4.69, 9.17) is 0 Å². The lowest BCUT2D eigenvalue weighted by molar-refractivity contribution is -0.137. The van der Waals surface area contributed by atoms with Gasteiger partial charge in [0.05, 0.1) is 15.9 Å². The fourth-order valence-corrected chi connectivity index (χ4v) is 5.79. The number of pyridine rings is 1. The largest absolute Gasteiger partial charge is 0.480 e. The molecule has 0 spiro atoms. The summed E-state index contributed by atoms with van der Waals surface area (Å²) in [6, 6.07) is 8.38. The first-order valence-electron chi connectivity index (χ1n) is 9.55. The summed E-state index contributed by atoms with van der Waals surface area (Å²) < 4.78 is 42.7. The number of halogens is 1. The Morgan fingerprint density at radius 3 is 2.67 bits per heavy atom. The maximum Gasteiger partial charge on any atom is 0.323 e. The van der Waals surface area contributed by atoms with E-state index in [1.54, 1.807) is 16.8 Å². The average Bonchev–Trinajstić information content (AvgIpc) is 3.00. The topological polar surface area (TPSA) is 92.5 Å². The fraction of sp³-hybridized carbons (Fsp3) is 0.333. The van der Waals surface area contributed by atoms with Gasteiger partial charge >= 0.3 is 5.97 Å². The van der Waals surface area contributed by atoms with Crippen molar-refractivity contribution in [3.8, 4) is 0 Å². The number of rotatable bonds is 5. The molecule has 1 atom stereocenters. The molecule has 1 unspecified atom stereocenters. The van der Waals surface area contributed by atoms with Gasteiger partial charge in [0.1, 0.15) is 12.4 Å². The molecule has 3 aromatic rings. The molecule has 30 heavy (non-hydrogen) atoms. The van der Waals surface area contributed by atoms with Gasteiger partial charge in [-0.15, -0.1) is 0 Å². The minimum atomic E-state index is -3.84. The van der Waals surface area contributed by atoms with Crippen LogP contribution >= 0.6 is 0 Å². The van der Waals surface area contributed by atoms with Crippen molar-refractivity contribution < 1.29 is 22.7 Å². The first kappa shape index (κ1) is 20.5. The van der Waals surface area contributed by atoms with Gasteiger partial charge in [-0.2, -0.15) is 4.31 Å². The maximum atomic E-state index is 13.3. The molecule has 0 saturated heterocycles. The first-order chi connectivity index (χ1) is 14.1. The van der Waals surface area contributed by atoms with Gasteiger partial charge in [-0.25, -0.2) is 12.8 Å². The quantitative estimate of drug-likeness (QED) is 0.671. The summed E-state index contributed by atoms with van der Waals surface area (Å²) in [7, 11) is -2.30. The number of carbonyl (C=O) groups is 1. The van der Waals surface area contributed by atoms with Gasteiger partial charge in [0.15, 0.2) is 0 Å². The third kappa shape index (κ3) is 3.27. The number of sulfonamides is 1. The van der Waals surface area contributed by atoms with Crippen molar-refractivity contribution in [3.05, 3.63) is 59.7 Å². The molecule has 1 aliphatic rings. The molecule has 1 N–H and O–H groups in total. The number of aromatic nitrogens is 2. The van der Waals surface area contributed by atoms with Gasteiger partial charge < -0.3 is 9.67 Å². The van der Waals surface area contributed by atoms with Crippen LogP contribution in [0.25, 0.3) is 11.0 Å². The zero-order chi connectivity index (χ0) is 21.7. The van der Waals surface area contributed by atoms with Crippen LogP contribution in [0, 0.1) is 5.82 Å². The van der Waals surface area contributed by atoms with E-state index in [9.17, 15) is 22.7 Å². The third-order valence-electron chi connectivity index (χ3n) is 6.02. The van der Waals surface area contributed by atoms with Crippen molar-refractivity contribution in [2.75, 3.05) is 7.05 Å². The molecule has 4 rings (SSSR count).